The van der Waals surface area contributed by atoms with Gasteiger partial charge >= 0.3 is 0 Å². The first kappa shape index (κ1) is 16.3. The van der Waals surface area contributed by atoms with Crippen molar-refractivity contribution < 1.29 is 23.0 Å². The quantitative estimate of drug-likeness (QED) is 0.605. The molecule has 1 amide bonds. The summed E-state index contributed by atoms with van der Waals surface area (Å²) in [6.07, 6.45) is -0.126. The van der Waals surface area contributed by atoms with Gasteiger partial charge in [0.1, 0.15) is 6.61 Å². The highest BCUT2D eigenvalue weighted by molar-refractivity contribution is 5.75. The minimum Gasteiger partial charge on any atom is -0.376 e. The Labute approximate surface area is 112 Å². The maximum absolute atomic E-state index is 11.7. The average Bonchev–Trinajstić information content (AvgIpc) is 2.41. The second-order valence-corrected chi connectivity index (χ2v) is 4.39. The van der Waals surface area contributed by atoms with Crippen molar-refractivity contribution in [1.82, 2.24) is 10.6 Å². The van der Waals surface area contributed by atoms with Crippen molar-refractivity contribution in [1.29, 1.82) is 0 Å². The molecule has 1 rings (SSSR count). The molecule has 7 heteroatoms. The van der Waals surface area contributed by atoms with Gasteiger partial charge in [-0.05, 0) is 25.9 Å². The van der Waals surface area contributed by atoms with Crippen LogP contribution < -0.4 is 10.6 Å². The van der Waals surface area contributed by atoms with Gasteiger partial charge < -0.3 is 20.1 Å². The molecule has 1 fully saturated rings. The second kappa shape index (κ2) is 10.1. The number of piperidine rings is 1. The van der Waals surface area contributed by atoms with Crippen LogP contribution in [0.4, 0.5) is 8.78 Å². The molecule has 2 N–H and O–H groups in total. The molecule has 1 aliphatic rings. The fraction of sp³-hybridized carbons (Fsp3) is 0.917. The minimum absolute atomic E-state index is 0.0192. The number of amides is 1. The van der Waals surface area contributed by atoms with E-state index in [1.807, 2.05) is 0 Å². The lowest BCUT2D eigenvalue weighted by Gasteiger charge is -2.22. The van der Waals surface area contributed by atoms with Crippen molar-refractivity contribution in [2.24, 2.45) is 0 Å². The Kier molecular flexibility index (Phi) is 8.61. The van der Waals surface area contributed by atoms with E-state index >= 15 is 0 Å². The summed E-state index contributed by atoms with van der Waals surface area (Å²) in [6, 6.07) is 0. The number of alkyl halides is 2. The van der Waals surface area contributed by atoms with Crippen LogP contribution in [-0.2, 0) is 14.3 Å². The highest BCUT2D eigenvalue weighted by Gasteiger charge is 2.12. The number of ether oxygens (including phenoxy) is 2. The van der Waals surface area contributed by atoms with Crippen LogP contribution in [0.2, 0.25) is 0 Å². The average molecular weight is 280 g/mol. The first-order valence-corrected chi connectivity index (χ1v) is 6.63. The van der Waals surface area contributed by atoms with Crippen LogP contribution in [0.1, 0.15) is 19.3 Å². The van der Waals surface area contributed by atoms with E-state index in [9.17, 15) is 13.6 Å². The molecule has 0 radical (unpaired) electrons. The predicted octanol–water partition coefficient (Wildman–Crippen LogP) is 0.543. The molecule has 0 atom stereocenters. The van der Waals surface area contributed by atoms with Crippen molar-refractivity contribution in [3.63, 3.8) is 0 Å². The molecule has 0 aromatic heterocycles. The number of carbonyl (C=O) groups is 1. The van der Waals surface area contributed by atoms with Crippen molar-refractivity contribution in [3.05, 3.63) is 0 Å². The second-order valence-electron chi connectivity index (χ2n) is 4.39. The lowest BCUT2D eigenvalue weighted by molar-refractivity contribution is -0.123. The highest BCUT2D eigenvalue weighted by Crippen LogP contribution is 2.06. The summed E-state index contributed by atoms with van der Waals surface area (Å²) in [6.45, 7) is 2.26. The molecule has 5 nitrogen and oxygen atoms in total. The van der Waals surface area contributed by atoms with E-state index in [1.54, 1.807) is 0 Å². The molecule has 0 spiro atoms. The maximum Gasteiger partial charge on any atom is 0.261 e. The van der Waals surface area contributed by atoms with Crippen LogP contribution in [0.3, 0.4) is 0 Å². The van der Waals surface area contributed by atoms with Gasteiger partial charge in [-0.15, -0.1) is 0 Å². The van der Waals surface area contributed by atoms with Crippen molar-refractivity contribution in [3.8, 4) is 0 Å². The largest absolute Gasteiger partial charge is 0.376 e. The molecular formula is C12H22F2N2O3. The lowest BCUT2D eigenvalue weighted by atomic mass is 10.1. The van der Waals surface area contributed by atoms with Gasteiger partial charge in [0.15, 0.2) is 0 Å². The Hall–Kier alpha value is -0.790. The van der Waals surface area contributed by atoms with E-state index in [1.165, 1.54) is 0 Å². The molecule has 0 bridgehead atoms. The summed E-state index contributed by atoms with van der Waals surface area (Å²) in [7, 11) is 0. The van der Waals surface area contributed by atoms with Crippen LogP contribution in [0.25, 0.3) is 0 Å². The third kappa shape index (κ3) is 8.85. The molecule has 1 saturated heterocycles. The van der Waals surface area contributed by atoms with E-state index in [-0.39, 0.29) is 25.0 Å². The Morgan fingerprint density at radius 3 is 2.74 bits per heavy atom. The molecule has 0 saturated carbocycles. The molecule has 1 aliphatic heterocycles. The zero-order chi connectivity index (χ0) is 13.9. The summed E-state index contributed by atoms with van der Waals surface area (Å²) < 4.78 is 33.7. The number of hydrogen-bond acceptors (Lipinski definition) is 4. The fourth-order valence-electron chi connectivity index (χ4n) is 1.80. The number of hydrogen-bond donors (Lipinski definition) is 2. The molecule has 0 aromatic rings. The summed E-state index contributed by atoms with van der Waals surface area (Å²) in [5.74, 6) is -0.205. The first-order chi connectivity index (χ1) is 9.18. The molecule has 19 heavy (non-hydrogen) atoms. The highest BCUT2D eigenvalue weighted by atomic mass is 19.3. The number of rotatable bonds is 9. The van der Waals surface area contributed by atoms with Gasteiger partial charge in [-0.3, -0.25) is 4.79 Å². The van der Waals surface area contributed by atoms with Crippen molar-refractivity contribution >= 4 is 5.91 Å². The van der Waals surface area contributed by atoms with E-state index in [4.69, 9.17) is 4.74 Å². The Morgan fingerprint density at radius 2 is 2.05 bits per heavy atom. The lowest BCUT2D eigenvalue weighted by Crippen LogP contribution is -2.35. The number of halogens is 2. The summed E-state index contributed by atoms with van der Waals surface area (Å²) in [5.41, 5.74) is 0. The molecule has 0 aromatic carbocycles. The summed E-state index contributed by atoms with van der Waals surface area (Å²) in [5, 5.41) is 5.91. The van der Waals surface area contributed by atoms with Gasteiger partial charge in [0, 0.05) is 13.0 Å². The zero-order valence-electron chi connectivity index (χ0n) is 11.0. The molecular weight excluding hydrogens is 258 g/mol. The minimum atomic E-state index is -2.48. The van der Waals surface area contributed by atoms with Gasteiger partial charge in [-0.2, -0.15) is 0 Å². The third-order valence-electron chi connectivity index (χ3n) is 2.78. The van der Waals surface area contributed by atoms with Crippen LogP contribution >= 0.6 is 0 Å². The van der Waals surface area contributed by atoms with E-state index in [0.29, 0.717) is 13.2 Å². The zero-order valence-corrected chi connectivity index (χ0v) is 11.0. The fourth-order valence-corrected chi connectivity index (χ4v) is 1.80. The molecule has 1 heterocycles. The van der Waals surface area contributed by atoms with Crippen molar-refractivity contribution in [2.75, 3.05) is 39.5 Å². The Bertz CT molecular complexity index is 249. The van der Waals surface area contributed by atoms with Gasteiger partial charge in [-0.25, -0.2) is 8.78 Å². The van der Waals surface area contributed by atoms with Gasteiger partial charge in [0.05, 0.1) is 19.3 Å². The van der Waals surface area contributed by atoms with Crippen LogP contribution in [-0.4, -0.2) is 57.9 Å². The Morgan fingerprint density at radius 1 is 1.32 bits per heavy atom. The van der Waals surface area contributed by atoms with E-state index in [0.717, 1.165) is 25.9 Å². The van der Waals surface area contributed by atoms with Gasteiger partial charge in [0.25, 0.3) is 6.43 Å². The Balaban J connectivity index is 1.89. The van der Waals surface area contributed by atoms with Crippen LogP contribution in [0, 0.1) is 0 Å². The van der Waals surface area contributed by atoms with Crippen molar-refractivity contribution in [2.45, 2.75) is 31.8 Å². The molecule has 0 aliphatic carbocycles. The maximum atomic E-state index is 11.7. The topological polar surface area (TPSA) is 59.6 Å². The first-order valence-electron chi connectivity index (χ1n) is 6.63. The van der Waals surface area contributed by atoms with Gasteiger partial charge in [-0.1, -0.05) is 0 Å². The normalized spacial score (nSPS) is 16.8. The summed E-state index contributed by atoms with van der Waals surface area (Å²) in [4.78, 5) is 11.3. The van der Waals surface area contributed by atoms with Crippen LogP contribution in [0.15, 0.2) is 0 Å². The molecule has 112 valence electrons. The van der Waals surface area contributed by atoms with Gasteiger partial charge in [0.2, 0.25) is 5.91 Å². The van der Waals surface area contributed by atoms with Crippen LogP contribution in [0.5, 0.6) is 0 Å². The summed E-state index contributed by atoms with van der Waals surface area (Å²) >= 11 is 0. The number of carbonyl (C=O) groups excluding carboxylic acids is 1. The number of nitrogens with one attached hydrogen (secondary N) is 2. The monoisotopic (exact) mass is 280 g/mol. The van der Waals surface area contributed by atoms with E-state index in [2.05, 4.69) is 15.4 Å². The smallest absolute Gasteiger partial charge is 0.261 e. The molecule has 0 unspecified atom stereocenters. The third-order valence-corrected chi connectivity index (χ3v) is 2.78. The predicted molar refractivity (Wildman–Crippen MR) is 66.3 cm³/mol. The standard InChI is InChI=1S/C12H22F2N2O3/c13-11(14)9-18-7-3-12(17)16-6-8-19-10-1-4-15-5-2-10/h10-11,15H,1-9H2,(H,16,17). The van der Waals surface area contributed by atoms with E-state index < -0.39 is 13.0 Å². The SMILES string of the molecule is O=C(CCOCC(F)F)NCCOC1CCNCC1.